The molecule has 3 rings (SSSR count). The Bertz CT molecular complexity index is 1230. The summed E-state index contributed by atoms with van der Waals surface area (Å²) in [6, 6.07) is 11.4. The minimum absolute atomic E-state index is 0.134. The summed E-state index contributed by atoms with van der Waals surface area (Å²) >= 11 is 7.05. The van der Waals surface area contributed by atoms with Crippen LogP contribution >= 0.6 is 23.4 Å². The second-order valence-corrected chi connectivity index (χ2v) is 7.31. The van der Waals surface area contributed by atoms with Crippen LogP contribution < -0.4 is 5.56 Å². The number of aromatic hydroxyl groups is 1. The minimum atomic E-state index is -1.12. The molecule has 0 fully saturated rings. The Morgan fingerprint density at radius 1 is 1.07 bits per heavy atom. The smallest absolute Gasteiger partial charge is 0.395 e. The van der Waals surface area contributed by atoms with E-state index in [0.29, 0.717) is 15.5 Å². The van der Waals surface area contributed by atoms with Crippen molar-refractivity contribution in [3.63, 3.8) is 0 Å². The summed E-state index contributed by atoms with van der Waals surface area (Å²) < 4.78 is 0. The van der Waals surface area contributed by atoms with Crippen LogP contribution in [0.4, 0.5) is 11.4 Å². The van der Waals surface area contributed by atoms with E-state index >= 15 is 0 Å². The number of nitro groups is 2. The summed E-state index contributed by atoms with van der Waals surface area (Å²) in [5.74, 6) is -1.17. The third kappa shape index (κ3) is 4.82. The molecule has 0 aliphatic heterocycles. The van der Waals surface area contributed by atoms with Gasteiger partial charge < -0.3 is 10.1 Å². The van der Waals surface area contributed by atoms with Crippen LogP contribution in [0.1, 0.15) is 11.4 Å². The first-order valence-corrected chi connectivity index (χ1v) is 9.31. The van der Waals surface area contributed by atoms with Gasteiger partial charge in [-0.1, -0.05) is 35.5 Å². The van der Waals surface area contributed by atoms with Crippen LogP contribution in [0, 0.1) is 20.2 Å². The molecule has 0 unspecified atom stereocenters. The zero-order valence-corrected chi connectivity index (χ0v) is 16.4. The molecule has 0 spiro atoms. The van der Waals surface area contributed by atoms with Gasteiger partial charge >= 0.3 is 11.2 Å². The first-order chi connectivity index (χ1) is 14.2. The molecule has 0 bridgehead atoms. The predicted molar refractivity (Wildman–Crippen MR) is 111 cm³/mol. The summed E-state index contributed by atoms with van der Waals surface area (Å²) in [6.45, 7) is 0. The molecule has 0 saturated heterocycles. The molecule has 0 radical (unpaired) electrons. The van der Waals surface area contributed by atoms with Gasteiger partial charge in [-0.15, -0.1) is 0 Å². The Balaban J connectivity index is 1.89. The van der Waals surface area contributed by atoms with Crippen molar-refractivity contribution in [2.45, 2.75) is 9.79 Å². The molecule has 0 saturated carbocycles. The van der Waals surface area contributed by atoms with E-state index < -0.39 is 27.0 Å². The van der Waals surface area contributed by atoms with Gasteiger partial charge in [0.15, 0.2) is 0 Å². The molecule has 0 atom stereocenters. The van der Waals surface area contributed by atoms with E-state index in [1.54, 1.807) is 36.4 Å². The number of benzene rings is 2. The Morgan fingerprint density at radius 2 is 1.77 bits per heavy atom. The van der Waals surface area contributed by atoms with Crippen LogP contribution in [0.15, 0.2) is 57.1 Å². The number of aromatic nitrogens is 2. The fourth-order valence-corrected chi connectivity index (χ4v) is 3.41. The van der Waals surface area contributed by atoms with Gasteiger partial charge in [0.2, 0.25) is 0 Å². The molecule has 0 amide bonds. The maximum absolute atomic E-state index is 11.7. The molecule has 1 heterocycles. The number of nitrogens with zero attached hydrogens (tertiary/aromatic N) is 3. The lowest BCUT2D eigenvalue weighted by atomic mass is 10.2. The first kappa shape index (κ1) is 21.0. The quantitative estimate of drug-likeness (QED) is 0.420. The highest BCUT2D eigenvalue weighted by Crippen LogP contribution is 2.36. The number of aromatic amines is 1. The van der Waals surface area contributed by atoms with E-state index in [0.717, 1.165) is 4.90 Å². The zero-order valence-electron chi connectivity index (χ0n) is 14.8. The SMILES string of the molecule is O=c1[nH]c(/C=C/c2ccc(Sc3ccc(Cl)cc3)c([N+](=O)[O-])c2)nc(O)c1[N+](=O)[O-]. The fourth-order valence-electron chi connectivity index (χ4n) is 2.39. The second-order valence-electron chi connectivity index (χ2n) is 5.75. The molecule has 12 heteroatoms. The van der Waals surface area contributed by atoms with E-state index in [4.69, 9.17) is 11.6 Å². The van der Waals surface area contributed by atoms with Gasteiger partial charge in [0, 0.05) is 16.0 Å². The van der Waals surface area contributed by atoms with Crippen LogP contribution in [-0.2, 0) is 0 Å². The van der Waals surface area contributed by atoms with Crippen molar-refractivity contribution in [1.29, 1.82) is 0 Å². The Kier molecular flexibility index (Phi) is 6.14. The van der Waals surface area contributed by atoms with Crippen molar-refractivity contribution in [2.75, 3.05) is 0 Å². The van der Waals surface area contributed by atoms with Crippen molar-refractivity contribution in [1.82, 2.24) is 9.97 Å². The largest absolute Gasteiger partial charge is 0.488 e. The van der Waals surface area contributed by atoms with E-state index in [2.05, 4.69) is 9.97 Å². The lowest BCUT2D eigenvalue weighted by Crippen LogP contribution is -2.14. The number of rotatable bonds is 6. The number of hydrogen-bond donors (Lipinski definition) is 2. The molecule has 0 aliphatic rings. The van der Waals surface area contributed by atoms with Crippen LogP contribution in [0.5, 0.6) is 5.88 Å². The monoisotopic (exact) mass is 446 g/mol. The zero-order chi connectivity index (χ0) is 21.8. The maximum atomic E-state index is 11.7. The summed E-state index contributed by atoms with van der Waals surface area (Å²) in [4.78, 5) is 39.1. The Labute approximate surface area is 177 Å². The van der Waals surface area contributed by atoms with E-state index in [9.17, 15) is 30.1 Å². The number of hydrogen-bond acceptors (Lipinski definition) is 8. The third-order valence-electron chi connectivity index (χ3n) is 3.73. The third-order valence-corrected chi connectivity index (χ3v) is 5.06. The Morgan fingerprint density at radius 3 is 2.37 bits per heavy atom. The van der Waals surface area contributed by atoms with Crippen LogP contribution in [0.25, 0.3) is 12.2 Å². The summed E-state index contributed by atoms with van der Waals surface area (Å²) in [7, 11) is 0. The number of halogens is 1. The lowest BCUT2D eigenvalue weighted by molar-refractivity contribution is -0.387. The lowest BCUT2D eigenvalue weighted by Gasteiger charge is -2.04. The summed E-state index contributed by atoms with van der Waals surface area (Å²) in [5, 5.41) is 32.3. The van der Waals surface area contributed by atoms with Gasteiger partial charge in [-0.25, -0.2) is 0 Å². The molecule has 1 aromatic heterocycles. The highest BCUT2D eigenvalue weighted by molar-refractivity contribution is 7.99. The normalized spacial score (nSPS) is 11.0. The van der Waals surface area contributed by atoms with Gasteiger partial charge in [-0.2, -0.15) is 4.98 Å². The van der Waals surface area contributed by atoms with Gasteiger partial charge in [-0.05, 0) is 42.0 Å². The first-order valence-electron chi connectivity index (χ1n) is 8.12. The highest BCUT2D eigenvalue weighted by Gasteiger charge is 2.21. The van der Waals surface area contributed by atoms with Gasteiger partial charge in [0.05, 0.1) is 14.7 Å². The summed E-state index contributed by atoms with van der Waals surface area (Å²) in [6.07, 6.45) is 2.67. The van der Waals surface area contributed by atoms with Gasteiger partial charge in [-0.3, -0.25) is 25.0 Å². The Hall–Kier alpha value is -3.70. The molecule has 2 aromatic carbocycles. The fraction of sp³-hybridized carbons (Fsp3) is 0. The molecule has 2 N–H and O–H groups in total. The number of nitro benzene ring substituents is 1. The van der Waals surface area contributed by atoms with E-state index in [1.165, 1.54) is 30.0 Å². The van der Waals surface area contributed by atoms with Crippen molar-refractivity contribution in [3.05, 3.63) is 89.5 Å². The van der Waals surface area contributed by atoms with Crippen LogP contribution in [0.3, 0.4) is 0 Å². The minimum Gasteiger partial charge on any atom is -0.488 e. The summed E-state index contributed by atoms with van der Waals surface area (Å²) in [5.41, 5.74) is -1.90. The maximum Gasteiger partial charge on any atom is 0.395 e. The van der Waals surface area contributed by atoms with Crippen LogP contribution in [-0.4, -0.2) is 24.9 Å². The van der Waals surface area contributed by atoms with Gasteiger partial charge in [0.1, 0.15) is 5.82 Å². The molecule has 30 heavy (non-hydrogen) atoms. The standard InChI is InChI=1S/C18H11ClN4O6S/c19-11-3-5-12(6-4-11)30-14-7-1-10(9-13(14)22(26)27)2-8-15-20-17(24)16(23(28)29)18(25)21-15/h1-9H,(H2,20,21,24,25)/b8-2+. The number of H-pyrrole nitrogens is 1. The van der Waals surface area contributed by atoms with Gasteiger partial charge in [0.25, 0.3) is 11.6 Å². The topological polar surface area (TPSA) is 152 Å². The molecular weight excluding hydrogens is 436 g/mol. The van der Waals surface area contributed by atoms with Crippen molar-refractivity contribution in [3.8, 4) is 5.88 Å². The van der Waals surface area contributed by atoms with E-state index in [1.807, 2.05) is 0 Å². The molecule has 0 aliphatic carbocycles. The molecule has 10 nitrogen and oxygen atoms in total. The van der Waals surface area contributed by atoms with E-state index in [-0.39, 0.29) is 11.5 Å². The predicted octanol–water partition coefficient (Wildman–Crippen LogP) is 4.27. The average molecular weight is 447 g/mol. The van der Waals surface area contributed by atoms with Crippen molar-refractivity contribution in [2.24, 2.45) is 0 Å². The number of nitrogens with one attached hydrogen (secondary N) is 1. The molecule has 3 aromatic rings. The van der Waals surface area contributed by atoms with Crippen molar-refractivity contribution < 1.29 is 15.0 Å². The average Bonchev–Trinajstić information content (AvgIpc) is 2.68. The molecule has 152 valence electrons. The highest BCUT2D eigenvalue weighted by atomic mass is 35.5. The second kappa shape index (κ2) is 8.76. The molecular formula is C18H11ClN4O6S. The van der Waals surface area contributed by atoms with Crippen molar-refractivity contribution >= 4 is 46.9 Å². The van der Waals surface area contributed by atoms with Crippen LogP contribution in [0.2, 0.25) is 5.02 Å².